The maximum atomic E-state index is 5.50. The van der Waals surface area contributed by atoms with Crippen molar-refractivity contribution < 1.29 is 4.74 Å². The smallest absolute Gasteiger partial charge is 0.103 e. The molecular weight excluding hydrogens is 182 g/mol. The van der Waals surface area contributed by atoms with Crippen molar-refractivity contribution >= 4 is 17.2 Å². The molecule has 0 fully saturated rings. The van der Waals surface area contributed by atoms with E-state index in [2.05, 4.69) is 0 Å². The third-order valence-electron chi connectivity index (χ3n) is 1.68. The van der Waals surface area contributed by atoms with Gasteiger partial charge in [-0.25, -0.2) is 0 Å². The highest BCUT2D eigenvalue weighted by molar-refractivity contribution is 7.80. The lowest BCUT2D eigenvalue weighted by Gasteiger charge is -2.03. The molecule has 2 nitrogen and oxygen atoms in total. The molecule has 0 atom stereocenters. The van der Waals surface area contributed by atoms with Crippen molar-refractivity contribution in [2.24, 2.45) is 5.73 Å². The molecule has 0 radical (unpaired) electrons. The van der Waals surface area contributed by atoms with Gasteiger partial charge >= 0.3 is 0 Å². The first-order valence-corrected chi connectivity index (χ1v) is 4.61. The van der Waals surface area contributed by atoms with Crippen molar-refractivity contribution in [1.82, 2.24) is 0 Å². The van der Waals surface area contributed by atoms with Crippen LogP contribution in [0.4, 0.5) is 0 Å². The van der Waals surface area contributed by atoms with Crippen molar-refractivity contribution in [1.29, 1.82) is 0 Å². The third kappa shape index (κ3) is 3.13. The van der Waals surface area contributed by atoms with Crippen LogP contribution in [0, 0.1) is 0 Å². The first kappa shape index (κ1) is 10.2. The quantitative estimate of drug-likeness (QED) is 0.745. The minimum Gasteiger partial charge on any atom is -0.389 e. The molecule has 13 heavy (non-hydrogen) atoms. The van der Waals surface area contributed by atoms with Crippen LogP contribution in [0.2, 0.25) is 0 Å². The van der Waals surface area contributed by atoms with Crippen LogP contribution in [0.1, 0.15) is 18.1 Å². The maximum absolute atomic E-state index is 5.50. The Kier molecular flexibility index (Phi) is 3.86. The molecule has 70 valence electrons. The van der Waals surface area contributed by atoms with Crippen LogP contribution in [-0.4, -0.2) is 11.6 Å². The highest BCUT2D eigenvalue weighted by Gasteiger charge is 1.97. The third-order valence-corrected chi connectivity index (χ3v) is 1.92. The lowest BCUT2D eigenvalue weighted by Crippen LogP contribution is -2.09. The van der Waals surface area contributed by atoms with E-state index in [1.165, 1.54) is 0 Å². The van der Waals surface area contributed by atoms with Crippen LogP contribution in [0.15, 0.2) is 24.3 Å². The summed E-state index contributed by atoms with van der Waals surface area (Å²) in [7, 11) is 0. The summed E-state index contributed by atoms with van der Waals surface area (Å²) < 4.78 is 5.27. The average molecular weight is 195 g/mol. The molecule has 1 aromatic carbocycles. The zero-order valence-corrected chi connectivity index (χ0v) is 8.43. The van der Waals surface area contributed by atoms with E-state index in [4.69, 9.17) is 22.7 Å². The molecule has 0 aliphatic heterocycles. The van der Waals surface area contributed by atoms with E-state index in [0.29, 0.717) is 11.6 Å². The van der Waals surface area contributed by atoms with Crippen molar-refractivity contribution in [3.05, 3.63) is 35.4 Å². The molecule has 0 aliphatic carbocycles. The Morgan fingerprint density at radius 1 is 1.54 bits per heavy atom. The Bertz CT molecular complexity index is 299. The van der Waals surface area contributed by atoms with E-state index in [1.807, 2.05) is 31.2 Å². The van der Waals surface area contributed by atoms with E-state index < -0.39 is 0 Å². The molecule has 0 unspecified atom stereocenters. The largest absolute Gasteiger partial charge is 0.389 e. The van der Waals surface area contributed by atoms with Gasteiger partial charge in [-0.2, -0.15) is 0 Å². The van der Waals surface area contributed by atoms with Crippen molar-refractivity contribution in [2.75, 3.05) is 6.61 Å². The fourth-order valence-electron chi connectivity index (χ4n) is 1.03. The zero-order chi connectivity index (χ0) is 9.68. The molecule has 0 aromatic heterocycles. The van der Waals surface area contributed by atoms with Crippen LogP contribution in [-0.2, 0) is 11.3 Å². The van der Waals surface area contributed by atoms with Gasteiger partial charge in [0.25, 0.3) is 0 Å². The molecule has 1 aromatic rings. The van der Waals surface area contributed by atoms with E-state index >= 15 is 0 Å². The SMILES string of the molecule is CCOCc1cccc(C(N)=S)c1. The number of nitrogens with two attached hydrogens (primary N) is 1. The van der Waals surface area contributed by atoms with Gasteiger partial charge in [-0.05, 0) is 18.6 Å². The number of rotatable bonds is 4. The Labute approximate surface area is 83.7 Å². The second-order valence-corrected chi connectivity index (χ2v) is 3.14. The Hall–Kier alpha value is -0.930. The fourth-order valence-corrected chi connectivity index (χ4v) is 1.16. The Balaban J connectivity index is 2.73. The van der Waals surface area contributed by atoms with Gasteiger partial charge in [-0.1, -0.05) is 30.4 Å². The highest BCUT2D eigenvalue weighted by atomic mass is 32.1. The van der Waals surface area contributed by atoms with E-state index in [-0.39, 0.29) is 0 Å². The summed E-state index contributed by atoms with van der Waals surface area (Å²) in [6, 6.07) is 7.79. The van der Waals surface area contributed by atoms with E-state index in [9.17, 15) is 0 Å². The van der Waals surface area contributed by atoms with Crippen LogP contribution >= 0.6 is 12.2 Å². The number of ether oxygens (including phenoxy) is 1. The summed E-state index contributed by atoms with van der Waals surface area (Å²) in [4.78, 5) is 0.429. The monoisotopic (exact) mass is 195 g/mol. The van der Waals surface area contributed by atoms with Crippen molar-refractivity contribution in [3.63, 3.8) is 0 Å². The average Bonchev–Trinajstić information content (AvgIpc) is 2.15. The number of hydrogen-bond donors (Lipinski definition) is 1. The van der Waals surface area contributed by atoms with Gasteiger partial charge < -0.3 is 10.5 Å². The molecule has 0 heterocycles. The Morgan fingerprint density at radius 3 is 2.92 bits per heavy atom. The molecule has 0 spiro atoms. The van der Waals surface area contributed by atoms with Gasteiger partial charge in [0.2, 0.25) is 0 Å². The fraction of sp³-hybridized carbons (Fsp3) is 0.300. The lowest BCUT2D eigenvalue weighted by molar-refractivity contribution is 0.134. The van der Waals surface area contributed by atoms with Gasteiger partial charge in [0.05, 0.1) is 6.61 Å². The van der Waals surface area contributed by atoms with Crippen LogP contribution in [0.3, 0.4) is 0 Å². The van der Waals surface area contributed by atoms with Gasteiger partial charge in [0, 0.05) is 12.2 Å². The molecule has 0 bridgehead atoms. The Morgan fingerprint density at radius 2 is 2.31 bits per heavy atom. The van der Waals surface area contributed by atoms with E-state index in [0.717, 1.165) is 17.7 Å². The van der Waals surface area contributed by atoms with Crippen LogP contribution < -0.4 is 5.73 Å². The highest BCUT2D eigenvalue weighted by Crippen LogP contribution is 2.06. The summed E-state index contributed by atoms with van der Waals surface area (Å²) >= 11 is 4.87. The molecule has 1 rings (SSSR count). The van der Waals surface area contributed by atoms with Crippen molar-refractivity contribution in [3.8, 4) is 0 Å². The molecule has 3 heteroatoms. The van der Waals surface area contributed by atoms with Gasteiger partial charge in [0.15, 0.2) is 0 Å². The van der Waals surface area contributed by atoms with Crippen LogP contribution in [0.5, 0.6) is 0 Å². The maximum Gasteiger partial charge on any atom is 0.103 e. The summed E-state index contributed by atoms with van der Waals surface area (Å²) in [6.07, 6.45) is 0. The summed E-state index contributed by atoms with van der Waals surface area (Å²) in [5.74, 6) is 0. The molecule has 0 saturated heterocycles. The summed E-state index contributed by atoms with van der Waals surface area (Å²) in [6.45, 7) is 3.31. The second-order valence-electron chi connectivity index (χ2n) is 2.70. The lowest BCUT2D eigenvalue weighted by atomic mass is 10.1. The normalized spacial score (nSPS) is 9.92. The number of benzene rings is 1. The van der Waals surface area contributed by atoms with E-state index in [1.54, 1.807) is 0 Å². The molecule has 0 amide bonds. The van der Waals surface area contributed by atoms with Crippen LogP contribution in [0.25, 0.3) is 0 Å². The first-order valence-electron chi connectivity index (χ1n) is 4.20. The summed E-state index contributed by atoms with van der Waals surface area (Å²) in [5.41, 5.74) is 7.50. The molecular formula is C10H13NOS. The number of thiocarbonyl (C=S) groups is 1. The predicted octanol–water partition coefficient (Wildman–Crippen LogP) is 1.86. The molecule has 2 N–H and O–H groups in total. The molecule has 0 aliphatic rings. The van der Waals surface area contributed by atoms with Gasteiger partial charge in [-0.15, -0.1) is 0 Å². The van der Waals surface area contributed by atoms with Crippen molar-refractivity contribution in [2.45, 2.75) is 13.5 Å². The van der Waals surface area contributed by atoms with Gasteiger partial charge in [0.1, 0.15) is 4.99 Å². The zero-order valence-electron chi connectivity index (χ0n) is 7.62. The standard InChI is InChI=1S/C10H13NOS/c1-2-12-7-8-4-3-5-9(6-8)10(11)13/h3-6H,2,7H2,1H3,(H2,11,13). The first-order chi connectivity index (χ1) is 6.24. The number of hydrogen-bond acceptors (Lipinski definition) is 2. The topological polar surface area (TPSA) is 35.2 Å². The summed E-state index contributed by atoms with van der Waals surface area (Å²) in [5, 5.41) is 0. The molecule has 0 saturated carbocycles. The minimum absolute atomic E-state index is 0.429. The van der Waals surface area contributed by atoms with Gasteiger partial charge in [-0.3, -0.25) is 0 Å². The second kappa shape index (κ2) is 4.94. The predicted molar refractivity (Wildman–Crippen MR) is 57.7 cm³/mol. The minimum atomic E-state index is 0.429.